The molecular formula is C26H26N2O3. The second-order valence-corrected chi connectivity index (χ2v) is 8.13. The minimum Gasteiger partial charge on any atom is -0.486 e. The van der Waals surface area contributed by atoms with Gasteiger partial charge in [-0.15, -0.1) is 0 Å². The molecule has 3 aromatic carbocycles. The highest BCUT2D eigenvalue weighted by Crippen LogP contribution is 2.30. The Morgan fingerprint density at radius 1 is 0.935 bits per heavy atom. The molecule has 1 amide bonds. The van der Waals surface area contributed by atoms with Crippen molar-refractivity contribution < 1.29 is 14.3 Å². The SMILES string of the molecule is O=C(NC[C@@H]1COc2ccccc2O1)c1ccc(CN2CCc3ccccc3C2)cc1. The number of benzene rings is 3. The molecule has 1 atom stereocenters. The highest BCUT2D eigenvalue weighted by molar-refractivity contribution is 5.94. The van der Waals surface area contributed by atoms with Crippen molar-refractivity contribution in [1.82, 2.24) is 10.2 Å². The predicted molar refractivity (Wildman–Crippen MR) is 119 cm³/mol. The molecule has 158 valence electrons. The average molecular weight is 415 g/mol. The minimum atomic E-state index is -0.194. The van der Waals surface area contributed by atoms with Crippen molar-refractivity contribution in [3.8, 4) is 11.5 Å². The first-order chi connectivity index (χ1) is 15.2. The summed E-state index contributed by atoms with van der Waals surface area (Å²) in [6, 6.07) is 24.1. The van der Waals surface area contributed by atoms with Crippen LogP contribution in [0.4, 0.5) is 0 Å². The molecule has 1 N–H and O–H groups in total. The van der Waals surface area contributed by atoms with Crippen LogP contribution in [0.25, 0.3) is 0 Å². The van der Waals surface area contributed by atoms with Crippen LogP contribution in [0.15, 0.2) is 72.8 Å². The van der Waals surface area contributed by atoms with Crippen LogP contribution in [-0.2, 0) is 19.5 Å². The maximum atomic E-state index is 12.6. The fourth-order valence-corrected chi connectivity index (χ4v) is 4.18. The van der Waals surface area contributed by atoms with Crippen molar-refractivity contribution in [2.24, 2.45) is 0 Å². The van der Waals surface area contributed by atoms with E-state index in [1.807, 2.05) is 48.5 Å². The summed E-state index contributed by atoms with van der Waals surface area (Å²) >= 11 is 0. The number of carbonyl (C=O) groups excluding carboxylic acids is 1. The molecule has 2 heterocycles. The van der Waals surface area contributed by atoms with Gasteiger partial charge in [0.2, 0.25) is 0 Å². The number of amides is 1. The van der Waals surface area contributed by atoms with Gasteiger partial charge in [0.1, 0.15) is 12.7 Å². The van der Waals surface area contributed by atoms with Gasteiger partial charge in [-0.2, -0.15) is 0 Å². The Morgan fingerprint density at radius 2 is 1.68 bits per heavy atom. The number of nitrogens with zero attached hydrogens (tertiary/aromatic N) is 1. The molecule has 0 aliphatic carbocycles. The molecule has 5 nitrogen and oxygen atoms in total. The highest BCUT2D eigenvalue weighted by Gasteiger charge is 2.21. The number of carbonyl (C=O) groups is 1. The molecule has 0 bridgehead atoms. The van der Waals surface area contributed by atoms with E-state index < -0.39 is 0 Å². The molecule has 0 spiro atoms. The maximum Gasteiger partial charge on any atom is 0.251 e. The maximum absolute atomic E-state index is 12.6. The largest absolute Gasteiger partial charge is 0.486 e. The van der Waals surface area contributed by atoms with Crippen molar-refractivity contribution in [1.29, 1.82) is 0 Å². The van der Waals surface area contributed by atoms with E-state index in [1.54, 1.807) is 0 Å². The number of fused-ring (bicyclic) bond motifs is 2. The summed E-state index contributed by atoms with van der Waals surface area (Å²) in [7, 11) is 0. The molecule has 2 aliphatic heterocycles. The standard InChI is InChI=1S/C26H26N2O3/c29-26(27-15-23-18-30-24-7-3-4-8-25(24)31-23)21-11-9-19(10-12-21)16-28-14-13-20-5-1-2-6-22(20)17-28/h1-12,23H,13-18H2,(H,27,29)/t23-/m1/s1. The van der Waals surface area contributed by atoms with Crippen molar-refractivity contribution >= 4 is 5.91 Å². The van der Waals surface area contributed by atoms with Crippen LogP contribution in [0, 0.1) is 0 Å². The number of ether oxygens (including phenoxy) is 2. The first-order valence-electron chi connectivity index (χ1n) is 10.8. The number of nitrogens with one attached hydrogen (secondary N) is 1. The Hall–Kier alpha value is -3.31. The molecule has 0 saturated heterocycles. The van der Waals surface area contributed by atoms with Gasteiger partial charge in [-0.25, -0.2) is 0 Å². The topological polar surface area (TPSA) is 50.8 Å². The van der Waals surface area contributed by atoms with Gasteiger partial charge >= 0.3 is 0 Å². The lowest BCUT2D eigenvalue weighted by molar-refractivity contribution is 0.0789. The Kier molecular flexibility index (Phi) is 5.59. The van der Waals surface area contributed by atoms with E-state index in [-0.39, 0.29) is 12.0 Å². The molecule has 0 radical (unpaired) electrons. The summed E-state index contributed by atoms with van der Waals surface area (Å²) < 4.78 is 11.6. The fraction of sp³-hybridized carbons (Fsp3) is 0.269. The molecule has 3 aromatic rings. The van der Waals surface area contributed by atoms with Crippen LogP contribution < -0.4 is 14.8 Å². The average Bonchev–Trinajstić information content (AvgIpc) is 2.83. The van der Waals surface area contributed by atoms with E-state index in [4.69, 9.17) is 9.47 Å². The van der Waals surface area contributed by atoms with Crippen LogP contribution in [0.2, 0.25) is 0 Å². The molecule has 5 rings (SSSR count). The summed E-state index contributed by atoms with van der Waals surface area (Å²) in [5.41, 5.74) is 4.75. The Labute approximate surface area is 182 Å². The van der Waals surface area contributed by atoms with Gasteiger partial charge in [-0.1, -0.05) is 48.5 Å². The van der Waals surface area contributed by atoms with Crippen molar-refractivity contribution in [2.45, 2.75) is 25.6 Å². The van der Waals surface area contributed by atoms with Gasteiger partial charge in [0.05, 0.1) is 6.54 Å². The number of rotatable bonds is 5. The summed E-state index contributed by atoms with van der Waals surface area (Å²) in [4.78, 5) is 15.0. The smallest absolute Gasteiger partial charge is 0.251 e. The van der Waals surface area contributed by atoms with Gasteiger partial charge in [0.15, 0.2) is 11.5 Å². The van der Waals surface area contributed by atoms with Crippen molar-refractivity contribution in [3.63, 3.8) is 0 Å². The normalized spacial score (nSPS) is 17.6. The highest BCUT2D eigenvalue weighted by atomic mass is 16.6. The van der Waals surface area contributed by atoms with Crippen molar-refractivity contribution in [2.75, 3.05) is 19.7 Å². The van der Waals surface area contributed by atoms with Gasteiger partial charge in [-0.3, -0.25) is 9.69 Å². The predicted octanol–water partition coefficient (Wildman–Crippen LogP) is 3.81. The summed E-state index contributed by atoms with van der Waals surface area (Å²) in [6.07, 6.45) is 0.897. The first kappa shape index (κ1) is 19.6. The van der Waals surface area contributed by atoms with E-state index in [9.17, 15) is 4.79 Å². The van der Waals surface area contributed by atoms with E-state index in [2.05, 4.69) is 34.5 Å². The summed E-state index contributed by atoms with van der Waals surface area (Å²) in [5, 5.41) is 2.96. The molecule has 31 heavy (non-hydrogen) atoms. The van der Waals surface area contributed by atoms with E-state index in [0.717, 1.165) is 37.6 Å². The summed E-state index contributed by atoms with van der Waals surface area (Å²) in [5.74, 6) is 1.37. The fourth-order valence-electron chi connectivity index (χ4n) is 4.18. The lowest BCUT2D eigenvalue weighted by atomic mass is 9.99. The second-order valence-electron chi connectivity index (χ2n) is 8.13. The van der Waals surface area contributed by atoms with Gasteiger partial charge < -0.3 is 14.8 Å². The monoisotopic (exact) mass is 414 g/mol. The lowest BCUT2D eigenvalue weighted by Crippen LogP contribution is -2.40. The van der Waals surface area contributed by atoms with Crippen LogP contribution in [0.1, 0.15) is 27.0 Å². The van der Waals surface area contributed by atoms with E-state index >= 15 is 0 Å². The lowest BCUT2D eigenvalue weighted by Gasteiger charge is -2.28. The minimum absolute atomic E-state index is 0.0964. The van der Waals surface area contributed by atoms with E-state index in [0.29, 0.717) is 18.7 Å². The molecule has 0 unspecified atom stereocenters. The van der Waals surface area contributed by atoms with Crippen LogP contribution in [-0.4, -0.2) is 36.6 Å². The number of hydrogen-bond acceptors (Lipinski definition) is 4. The summed E-state index contributed by atoms with van der Waals surface area (Å²) in [6.45, 7) is 3.76. The molecular weight excluding hydrogens is 388 g/mol. The van der Waals surface area contributed by atoms with Crippen LogP contribution >= 0.6 is 0 Å². The van der Waals surface area contributed by atoms with E-state index in [1.165, 1.54) is 16.7 Å². The molecule has 0 fully saturated rings. The third-order valence-electron chi connectivity index (χ3n) is 5.89. The third kappa shape index (κ3) is 4.57. The molecule has 0 saturated carbocycles. The Balaban J connectivity index is 1.13. The molecule has 2 aliphatic rings. The number of hydrogen-bond donors (Lipinski definition) is 1. The zero-order valence-electron chi connectivity index (χ0n) is 17.4. The van der Waals surface area contributed by atoms with Crippen molar-refractivity contribution in [3.05, 3.63) is 95.1 Å². The molecule has 5 heteroatoms. The van der Waals surface area contributed by atoms with Gasteiger partial charge in [0, 0.05) is 25.2 Å². The number of para-hydroxylation sites is 2. The second kappa shape index (κ2) is 8.82. The van der Waals surface area contributed by atoms with Crippen LogP contribution in [0.3, 0.4) is 0 Å². The molecule has 0 aromatic heterocycles. The quantitative estimate of drug-likeness (QED) is 0.690. The van der Waals surface area contributed by atoms with Gasteiger partial charge in [0.25, 0.3) is 5.91 Å². The first-order valence-corrected chi connectivity index (χ1v) is 10.8. The van der Waals surface area contributed by atoms with Gasteiger partial charge in [-0.05, 0) is 47.4 Å². The zero-order chi connectivity index (χ0) is 21.0. The Bertz CT molecular complexity index is 1060. The van der Waals surface area contributed by atoms with Crippen LogP contribution in [0.5, 0.6) is 11.5 Å². The third-order valence-corrected chi connectivity index (χ3v) is 5.89. The zero-order valence-corrected chi connectivity index (χ0v) is 17.4. The Morgan fingerprint density at radius 3 is 2.52 bits per heavy atom.